The number of piperidine rings is 3. The zero-order chi connectivity index (χ0) is 107. The summed E-state index contributed by atoms with van der Waals surface area (Å²) in [5, 5.41) is 30.9. The Balaban J connectivity index is 0.000000833. The number of carboxylic acids is 1. The van der Waals surface area contributed by atoms with Crippen LogP contribution in [0.25, 0.3) is 0 Å². The van der Waals surface area contributed by atoms with E-state index in [1.165, 1.54) is 86.8 Å². The van der Waals surface area contributed by atoms with Gasteiger partial charge in [0, 0.05) is 116 Å². The SMILES string of the molecule is CC(=O)O.CC(C)COc1ccc(/C=N\O)cc1.CC(C)COc1ccc(C=O)cc1.CC(C)COc1ccc(CCC(=O)N(Cc2ccc(F)cc2)C2CCN(C)CC2)cc1.CC(C)COc1ccc(CN)cc1.CC(C)COc1ccc(CN)cc1.CC(C)COc1ccc(CN=C=O)cc1.CN1CCC(=O)CC1.CN1CCC(NCc2ccc(F)cc2)CC1.NCc1ccc(F)cc1.O=Cc1ccc(O)cc1.[CH3-].[Pd]. The van der Waals surface area contributed by atoms with Crippen molar-refractivity contribution in [2.45, 2.75) is 193 Å². The molecule has 147 heavy (non-hydrogen) atoms. The number of carbonyl (C=O) groups is 5. The quantitative estimate of drug-likeness (QED) is 0.00369. The van der Waals surface area contributed by atoms with Gasteiger partial charge in [0.15, 0.2) is 0 Å². The van der Waals surface area contributed by atoms with Gasteiger partial charge in [-0.3, -0.25) is 24.0 Å². The number of carbonyl (C=O) groups excluding carboxylic acids is 5. The van der Waals surface area contributed by atoms with Gasteiger partial charge in [-0.1, -0.05) is 173 Å². The minimum atomic E-state index is -0.833. The first-order valence-corrected chi connectivity index (χ1v) is 49.8. The third-order valence-corrected chi connectivity index (χ3v) is 21.4. The Kier molecular flexibility index (Phi) is 72.2. The maximum atomic E-state index is 13.3. The van der Waals surface area contributed by atoms with E-state index in [9.17, 15) is 37.1 Å². The number of hydrogen-bond acceptors (Lipinski definition) is 23. The van der Waals surface area contributed by atoms with Gasteiger partial charge >= 0.3 is 0 Å². The summed E-state index contributed by atoms with van der Waals surface area (Å²) >= 11 is 0. The Hall–Kier alpha value is -12.2. The second-order valence-corrected chi connectivity index (χ2v) is 37.8. The molecule has 13 rings (SSSR count). The van der Waals surface area contributed by atoms with Crippen LogP contribution >= 0.6 is 0 Å². The molecule has 0 aromatic heterocycles. The van der Waals surface area contributed by atoms with Crippen molar-refractivity contribution in [2.75, 3.05) is 100 Å². The van der Waals surface area contributed by atoms with E-state index in [0.717, 1.165) is 170 Å². The van der Waals surface area contributed by atoms with Gasteiger partial charge in [0.2, 0.25) is 12.0 Å². The van der Waals surface area contributed by atoms with Crippen molar-refractivity contribution in [2.24, 2.45) is 62.9 Å². The van der Waals surface area contributed by atoms with Crippen molar-refractivity contribution < 1.29 is 106 Å². The molecule has 10 aromatic carbocycles. The van der Waals surface area contributed by atoms with E-state index in [1.807, 2.05) is 158 Å². The third-order valence-electron chi connectivity index (χ3n) is 21.4. The molecule has 10 N–H and O–H groups in total. The molecule has 3 aliphatic heterocycles. The van der Waals surface area contributed by atoms with Crippen LogP contribution in [0, 0.1) is 60.4 Å². The number of Topliss-reactive ketones (excluding diaryl/α,β-unsaturated/α-hetero) is 1. The average molecular weight is 2130 g/mol. The Bertz CT molecular complexity index is 5080. The van der Waals surface area contributed by atoms with Crippen molar-refractivity contribution in [1.29, 1.82) is 0 Å². The number of nitrogens with two attached hydrogens (primary N) is 3. The molecule has 0 bridgehead atoms. The minimum Gasteiger partial charge on any atom is -0.508 e. The summed E-state index contributed by atoms with van der Waals surface area (Å²) in [7, 11) is 6.33. The van der Waals surface area contributed by atoms with Crippen LogP contribution in [0.15, 0.2) is 253 Å². The number of phenols is 1. The number of ketones is 1. The molecule has 3 aliphatic rings. The van der Waals surface area contributed by atoms with Crippen LogP contribution in [0.1, 0.15) is 200 Å². The minimum absolute atomic E-state index is 0. The second-order valence-electron chi connectivity index (χ2n) is 37.8. The molecule has 10 aromatic rings. The predicted octanol–water partition coefficient (Wildman–Crippen LogP) is 22.2. The number of likely N-dealkylation sites (tertiary alicyclic amines) is 3. The molecule has 3 heterocycles. The first-order chi connectivity index (χ1) is 69.4. The Morgan fingerprint density at radius 2 is 0.714 bits per heavy atom. The van der Waals surface area contributed by atoms with Crippen LogP contribution in [-0.2, 0) is 85.3 Å². The number of phenolic OH excluding ortho intramolecular Hbond substituents is 1. The van der Waals surface area contributed by atoms with E-state index in [-0.39, 0.29) is 63.0 Å². The normalized spacial score (nSPS) is 12.7. The molecule has 808 valence electrons. The summed E-state index contributed by atoms with van der Waals surface area (Å²) in [6.07, 6.45) is 11.5. The molecule has 0 saturated carbocycles. The van der Waals surface area contributed by atoms with Gasteiger partial charge in [-0.2, -0.15) is 0 Å². The Morgan fingerprint density at radius 3 is 1.02 bits per heavy atom. The fourth-order valence-corrected chi connectivity index (χ4v) is 13.0. The molecular weight excluding hydrogens is 1960 g/mol. The predicted molar refractivity (Wildman–Crippen MR) is 582 cm³/mol. The second kappa shape index (κ2) is 79.9. The van der Waals surface area contributed by atoms with Gasteiger partial charge in [0.25, 0.3) is 5.97 Å². The van der Waals surface area contributed by atoms with Crippen LogP contribution in [-0.4, -0.2) is 190 Å². The number of aryl methyl sites for hydroxylation is 1. The van der Waals surface area contributed by atoms with Gasteiger partial charge in [-0.15, -0.1) is 0 Å². The number of amides is 1. The smallest absolute Gasteiger partial charge is 0.300 e. The number of isocyanates is 1. The van der Waals surface area contributed by atoms with Crippen molar-refractivity contribution in [3.05, 3.63) is 323 Å². The first kappa shape index (κ1) is 133. The first-order valence-electron chi connectivity index (χ1n) is 49.8. The van der Waals surface area contributed by atoms with E-state index in [1.54, 1.807) is 48.5 Å². The maximum absolute atomic E-state index is 13.3. The molecule has 0 aliphatic carbocycles. The summed E-state index contributed by atoms with van der Waals surface area (Å²) in [6, 6.07) is 72.3. The molecule has 1 amide bonds. The standard InChI is InChI=1S/C26H35FN2O2.C13H19FN2.C12H15NO2.C11H15NO2.2C11H17NO.C11H14O2.C7H8FN.C7H6O2.C6H11NO.C2H4O2.CH3.Pd/c1-20(2)19-31-25-11-6-21(7-12-25)8-13-26(30)29(24-14-16-28(3)17-15-24)18-22-4-9-23(27)10-5-22;1-16-8-6-13(7-9-16)15-10-11-2-4-12(14)5-3-11;1-10(2)8-15-12-5-3-11(4-6-12)7-13-9-14;1-9(2)8-14-11-5-3-10(4-6-11)7-12-13;3*1-9(2)8-13-11-5-3-10(7-12)4-6-11;8-7-3-1-6(5-9)2-4-7;8-5-6-1-3-7(9)4-2-6;1-7-4-2-6(8)3-5-7;1-2(3)4;;/h4-7,9-12,20,24H,8,13-19H2,1-3H3;2-5,13,15H,6-10H2,1H3;3-6,10H,7-8H2,1-2H3;3-7,9,13H,8H2,1-2H3;2*3-6,9H,7-8,12H2,1-2H3;3-7,9H,8H2,1-2H3;1-4H,5,9H2;1-5,9H;2-5H2,1H3;1H3,(H,3,4);1H3;/q;;;;;;;;;;;-1;/b;;;12-7-;;;;;;;;;. The number of nitrogens with zero attached hydrogens (tertiary/aromatic N) is 6. The van der Waals surface area contributed by atoms with Crippen molar-refractivity contribution in [3.8, 4) is 40.2 Å². The molecule has 3 saturated heterocycles. The number of rotatable bonds is 35. The molecule has 0 spiro atoms. The number of halogens is 3. The fourth-order valence-electron chi connectivity index (χ4n) is 13.0. The van der Waals surface area contributed by atoms with Crippen molar-refractivity contribution in [3.63, 3.8) is 0 Å². The number of ether oxygens (including phenoxy) is 6. The Labute approximate surface area is 887 Å². The zero-order valence-corrected chi connectivity index (χ0v) is 91.0. The van der Waals surface area contributed by atoms with Crippen LogP contribution in [0.2, 0.25) is 0 Å². The number of carboxylic acid groups (broad SMARTS) is 1. The van der Waals surface area contributed by atoms with Crippen LogP contribution < -0.4 is 50.9 Å². The van der Waals surface area contributed by atoms with Crippen molar-refractivity contribution in [1.82, 2.24) is 24.9 Å². The van der Waals surface area contributed by atoms with Gasteiger partial charge in [0.1, 0.15) is 76.1 Å². The van der Waals surface area contributed by atoms with E-state index in [4.69, 9.17) is 65.8 Å². The van der Waals surface area contributed by atoms with Gasteiger partial charge < -0.3 is 93.4 Å². The molecule has 29 heteroatoms. The summed E-state index contributed by atoms with van der Waals surface area (Å²) in [5.74, 6) is 7.70. The molecular formula is C118H164F3N10O15Pd-. The Morgan fingerprint density at radius 1 is 0.435 bits per heavy atom. The molecule has 0 atom stereocenters. The van der Waals surface area contributed by atoms with E-state index < -0.39 is 5.97 Å². The number of aliphatic carboxylic acids is 1. The number of benzene rings is 10. The molecule has 0 unspecified atom stereocenters. The largest absolute Gasteiger partial charge is 0.508 e. The fraction of sp³-hybridized carbons (Fsp3) is 0.424. The monoisotopic (exact) mass is 2120 g/mol. The summed E-state index contributed by atoms with van der Waals surface area (Å²) in [4.78, 5) is 75.5. The topological polar surface area (TPSA) is 346 Å². The number of oxime groups is 1. The van der Waals surface area contributed by atoms with Crippen LogP contribution in [0.5, 0.6) is 40.2 Å². The summed E-state index contributed by atoms with van der Waals surface area (Å²) in [5.41, 5.74) is 25.8. The zero-order valence-electron chi connectivity index (χ0n) is 89.4. The summed E-state index contributed by atoms with van der Waals surface area (Å²) in [6.45, 7) is 40.5. The number of aldehydes is 2. The maximum Gasteiger partial charge on any atom is 0.300 e. The number of aromatic hydroxyl groups is 1. The van der Waals surface area contributed by atoms with E-state index in [2.05, 4.69) is 127 Å². The van der Waals surface area contributed by atoms with Crippen molar-refractivity contribution >= 4 is 42.5 Å². The molecule has 3 fully saturated rings. The summed E-state index contributed by atoms with van der Waals surface area (Å²) < 4.78 is 71.4. The molecule has 0 radical (unpaired) electrons. The van der Waals surface area contributed by atoms with E-state index >= 15 is 0 Å². The third kappa shape index (κ3) is 66.6. The molecule has 25 nitrogen and oxygen atoms in total. The van der Waals surface area contributed by atoms with Crippen LogP contribution in [0.4, 0.5) is 13.2 Å². The number of aliphatic imine (C=N–C) groups is 1. The van der Waals surface area contributed by atoms with Crippen LogP contribution in [0.3, 0.4) is 0 Å². The van der Waals surface area contributed by atoms with Gasteiger partial charge in [-0.05, 0) is 317 Å². The van der Waals surface area contributed by atoms with E-state index in [0.29, 0.717) is 130 Å². The van der Waals surface area contributed by atoms with Gasteiger partial charge in [-0.25, -0.2) is 23.0 Å². The average Bonchev–Trinajstić information content (AvgIpc) is 0.837. The number of nitrogens with one attached hydrogen (secondary N) is 1. The number of hydrogen-bond donors (Lipinski definition) is 7. The van der Waals surface area contributed by atoms with Gasteiger partial charge in [0.05, 0.1) is 52.4 Å².